The molecule has 0 aliphatic heterocycles. The van der Waals surface area contributed by atoms with Crippen molar-refractivity contribution in [3.05, 3.63) is 82.0 Å². The van der Waals surface area contributed by atoms with Gasteiger partial charge in [0.2, 0.25) is 0 Å². The van der Waals surface area contributed by atoms with Crippen molar-refractivity contribution in [2.45, 2.75) is 39.4 Å². The highest BCUT2D eigenvalue weighted by molar-refractivity contribution is 7.15. The maximum Gasteiger partial charge on any atom is 0.114 e. The van der Waals surface area contributed by atoms with E-state index in [-0.39, 0.29) is 0 Å². The number of fused-ring (bicyclic) bond motifs is 1. The maximum atomic E-state index is 6.01. The molecular weight excluding hydrogens is 453 g/mol. The van der Waals surface area contributed by atoms with Gasteiger partial charge >= 0.3 is 0 Å². The van der Waals surface area contributed by atoms with Gasteiger partial charge in [-0.05, 0) is 47.0 Å². The van der Waals surface area contributed by atoms with E-state index >= 15 is 0 Å². The van der Waals surface area contributed by atoms with Crippen LogP contribution in [-0.4, -0.2) is 8.75 Å². The average molecular weight is 477 g/mol. The van der Waals surface area contributed by atoms with Crippen LogP contribution >= 0.6 is 34.4 Å². The summed E-state index contributed by atoms with van der Waals surface area (Å²) < 4.78 is 15.2. The van der Waals surface area contributed by atoms with Crippen LogP contribution in [0.25, 0.3) is 31.9 Å². The summed E-state index contributed by atoms with van der Waals surface area (Å²) >= 11 is 4.78. The Balaban J connectivity index is 1.28. The fourth-order valence-corrected chi connectivity index (χ4v) is 6.04. The topological polar surface area (TPSA) is 35.0 Å². The van der Waals surface area contributed by atoms with Crippen LogP contribution < -0.4 is 0 Å². The van der Waals surface area contributed by atoms with Gasteiger partial charge in [0, 0.05) is 25.8 Å². The van der Waals surface area contributed by atoms with E-state index < -0.39 is 0 Å². The van der Waals surface area contributed by atoms with Crippen LogP contribution in [0, 0.1) is 0 Å². The molecule has 1 atom stereocenters. The zero-order chi connectivity index (χ0) is 21.9. The van der Waals surface area contributed by atoms with E-state index in [2.05, 4.69) is 88.6 Å². The number of thiophene rings is 2. The van der Waals surface area contributed by atoms with Crippen LogP contribution in [0.3, 0.4) is 0 Å². The summed E-state index contributed by atoms with van der Waals surface area (Å²) in [7, 11) is 0. The number of hydrogen-bond acceptors (Lipinski definition) is 6. The SMILES string of the molecule is CCC(C)c1ccc(COCc2ccc(-c3ccc(-c4cccs4)c4nsnc34)s2)cc1. The van der Waals surface area contributed by atoms with Gasteiger partial charge in [-0.25, -0.2) is 0 Å². The summed E-state index contributed by atoms with van der Waals surface area (Å²) in [6.45, 7) is 5.74. The Labute approximate surface area is 200 Å². The molecule has 0 amide bonds. The van der Waals surface area contributed by atoms with Crippen molar-refractivity contribution in [3.63, 3.8) is 0 Å². The number of hydrogen-bond donors (Lipinski definition) is 0. The first-order chi connectivity index (χ1) is 15.7. The number of aromatic nitrogens is 2. The van der Waals surface area contributed by atoms with Crippen LogP contribution in [-0.2, 0) is 18.0 Å². The Morgan fingerprint density at radius 1 is 0.844 bits per heavy atom. The molecule has 0 N–H and O–H groups in total. The predicted molar refractivity (Wildman–Crippen MR) is 138 cm³/mol. The van der Waals surface area contributed by atoms with Gasteiger partial charge < -0.3 is 4.74 Å². The lowest BCUT2D eigenvalue weighted by atomic mass is 9.98. The van der Waals surface area contributed by atoms with Crippen molar-refractivity contribution in [3.8, 4) is 20.9 Å². The molecule has 3 heterocycles. The van der Waals surface area contributed by atoms with Crippen molar-refractivity contribution >= 4 is 45.4 Å². The van der Waals surface area contributed by atoms with Crippen LogP contribution in [0.1, 0.15) is 42.2 Å². The Morgan fingerprint density at radius 2 is 1.59 bits per heavy atom. The molecule has 0 saturated carbocycles. The fraction of sp³-hybridized carbons (Fsp3) is 0.231. The standard InChI is InChI=1S/C26H24N2OS3/c1-3-17(2)19-8-6-18(7-9-19)15-29-16-20-10-13-24(31-20)22-12-11-21(23-5-4-14-30-23)25-26(22)28-32-27-25/h4-14,17H,3,15-16H2,1-2H3. The number of benzene rings is 2. The van der Waals surface area contributed by atoms with Crippen molar-refractivity contribution < 1.29 is 4.74 Å². The molecule has 0 radical (unpaired) electrons. The molecule has 0 bridgehead atoms. The quantitative estimate of drug-likeness (QED) is 0.226. The summed E-state index contributed by atoms with van der Waals surface area (Å²) in [5.41, 5.74) is 6.89. The Kier molecular flexibility index (Phi) is 6.46. The molecule has 3 aromatic heterocycles. The Morgan fingerprint density at radius 3 is 2.28 bits per heavy atom. The van der Waals surface area contributed by atoms with Gasteiger partial charge in [0.1, 0.15) is 11.0 Å². The second-order valence-electron chi connectivity index (χ2n) is 7.91. The average Bonchev–Trinajstić information content (AvgIpc) is 3.60. The minimum Gasteiger partial charge on any atom is -0.371 e. The van der Waals surface area contributed by atoms with E-state index in [1.165, 1.54) is 37.5 Å². The summed E-state index contributed by atoms with van der Waals surface area (Å²) in [6.07, 6.45) is 1.16. The molecule has 0 saturated heterocycles. The maximum absolute atomic E-state index is 6.01. The molecule has 2 aromatic carbocycles. The van der Waals surface area contributed by atoms with Gasteiger partial charge in [-0.1, -0.05) is 56.3 Å². The number of ether oxygens (including phenoxy) is 1. The number of nitrogens with zero attached hydrogens (tertiary/aromatic N) is 2. The van der Waals surface area contributed by atoms with Gasteiger partial charge in [-0.15, -0.1) is 22.7 Å². The zero-order valence-electron chi connectivity index (χ0n) is 18.1. The first-order valence-electron chi connectivity index (χ1n) is 10.8. The largest absolute Gasteiger partial charge is 0.371 e. The molecule has 5 aromatic rings. The van der Waals surface area contributed by atoms with Crippen LogP contribution in [0.15, 0.2) is 66.0 Å². The van der Waals surface area contributed by atoms with E-state index in [0.29, 0.717) is 19.1 Å². The molecular formula is C26H24N2OS3. The van der Waals surface area contributed by atoms with E-state index in [1.807, 2.05) is 0 Å². The molecule has 0 fully saturated rings. The third-order valence-corrected chi connectivity index (χ3v) is 8.33. The predicted octanol–water partition coefficient (Wildman–Crippen LogP) is 8.38. The monoisotopic (exact) mass is 476 g/mol. The lowest BCUT2D eigenvalue weighted by Gasteiger charge is -2.10. The highest BCUT2D eigenvalue weighted by Gasteiger charge is 2.15. The molecule has 0 spiro atoms. The minimum absolute atomic E-state index is 0.605. The van der Waals surface area contributed by atoms with E-state index in [1.54, 1.807) is 22.7 Å². The van der Waals surface area contributed by atoms with Crippen molar-refractivity contribution in [2.24, 2.45) is 0 Å². The first-order valence-corrected chi connectivity index (χ1v) is 13.2. The molecule has 5 rings (SSSR count). The van der Waals surface area contributed by atoms with Crippen molar-refractivity contribution in [1.29, 1.82) is 0 Å². The summed E-state index contributed by atoms with van der Waals surface area (Å²) in [4.78, 5) is 3.65. The molecule has 0 aliphatic carbocycles. The Bertz CT molecular complexity index is 1300. The van der Waals surface area contributed by atoms with Crippen molar-refractivity contribution in [1.82, 2.24) is 8.75 Å². The van der Waals surface area contributed by atoms with Gasteiger partial charge in [0.25, 0.3) is 0 Å². The lowest BCUT2D eigenvalue weighted by molar-refractivity contribution is 0.109. The summed E-state index contributed by atoms with van der Waals surface area (Å²) in [5.74, 6) is 0.605. The van der Waals surface area contributed by atoms with Crippen LogP contribution in [0.4, 0.5) is 0 Å². The van der Waals surface area contributed by atoms with Gasteiger partial charge in [-0.3, -0.25) is 0 Å². The zero-order valence-corrected chi connectivity index (χ0v) is 20.5. The van der Waals surface area contributed by atoms with Gasteiger partial charge in [0.15, 0.2) is 0 Å². The smallest absolute Gasteiger partial charge is 0.114 e. The second kappa shape index (κ2) is 9.63. The molecule has 3 nitrogen and oxygen atoms in total. The van der Waals surface area contributed by atoms with E-state index in [4.69, 9.17) is 4.74 Å². The second-order valence-corrected chi connectivity index (χ2v) is 10.6. The summed E-state index contributed by atoms with van der Waals surface area (Å²) in [6, 6.07) is 21.7. The molecule has 162 valence electrons. The van der Waals surface area contributed by atoms with E-state index in [0.717, 1.165) is 28.6 Å². The molecule has 1 unspecified atom stereocenters. The Hall–Kier alpha value is -2.38. The first kappa shape index (κ1) is 21.5. The molecule has 6 heteroatoms. The van der Waals surface area contributed by atoms with Gasteiger partial charge in [-0.2, -0.15) is 8.75 Å². The van der Waals surface area contributed by atoms with Crippen LogP contribution in [0.5, 0.6) is 0 Å². The highest BCUT2D eigenvalue weighted by Crippen LogP contribution is 2.38. The highest BCUT2D eigenvalue weighted by atomic mass is 32.1. The summed E-state index contributed by atoms with van der Waals surface area (Å²) in [5, 5.41) is 2.10. The fourth-order valence-electron chi connectivity index (χ4n) is 3.74. The van der Waals surface area contributed by atoms with Crippen molar-refractivity contribution in [2.75, 3.05) is 0 Å². The molecule has 0 aliphatic rings. The normalized spacial score (nSPS) is 12.4. The molecule has 32 heavy (non-hydrogen) atoms. The van der Waals surface area contributed by atoms with E-state index in [9.17, 15) is 0 Å². The lowest BCUT2D eigenvalue weighted by Crippen LogP contribution is -1.95. The minimum atomic E-state index is 0.605. The third-order valence-electron chi connectivity index (χ3n) is 5.80. The van der Waals surface area contributed by atoms with Crippen LogP contribution in [0.2, 0.25) is 0 Å². The number of rotatable bonds is 8. The van der Waals surface area contributed by atoms with Gasteiger partial charge in [0.05, 0.1) is 24.9 Å². The third kappa shape index (κ3) is 4.41.